The Hall–Kier alpha value is -2.20. The van der Waals surface area contributed by atoms with E-state index in [1.165, 1.54) is 7.11 Å². The van der Waals surface area contributed by atoms with Crippen LogP contribution in [-0.4, -0.2) is 13.1 Å². The van der Waals surface area contributed by atoms with Crippen molar-refractivity contribution in [1.29, 1.82) is 0 Å². The molecule has 3 N–H and O–H groups in total. The Labute approximate surface area is 122 Å². The van der Waals surface area contributed by atoms with Crippen molar-refractivity contribution < 1.29 is 9.53 Å². The number of hydrogen-bond acceptors (Lipinski definition) is 4. The van der Waals surface area contributed by atoms with Crippen molar-refractivity contribution in [3.63, 3.8) is 0 Å². The lowest BCUT2D eigenvalue weighted by atomic mass is 10.1. The summed E-state index contributed by atoms with van der Waals surface area (Å²) in [4.78, 5) is 11.8. The summed E-state index contributed by atoms with van der Waals surface area (Å²) in [5.74, 6) is -0.446. The van der Waals surface area contributed by atoms with Gasteiger partial charge in [-0.15, -0.1) is 0 Å². The van der Waals surface area contributed by atoms with E-state index in [0.29, 0.717) is 22.0 Å². The highest BCUT2D eigenvalue weighted by atomic mass is 35.5. The average molecular weight is 291 g/mol. The molecule has 0 heterocycles. The second-order valence-electron chi connectivity index (χ2n) is 4.35. The molecule has 2 rings (SSSR count). The molecule has 4 nitrogen and oxygen atoms in total. The van der Waals surface area contributed by atoms with E-state index in [4.69, 9.17) is 22.1 Å². The number of carbonyl (C=O) groups excluding carboxylic acids is 1. The SMILES string of the molecule is COC(=O)c1cccc(N)c1Nc1ccc(C)c(Cl)c1. The number of benzene rings is 2. The molecule has 104 valence electrons. The maximum atomic E-state index is 11.8. The monoisotopic (exact) mass is 290 g/mol. The second kappa shape index (κ2) is 5.84. The third-order valence-corrected chi connectivity index (χ3v) is 3.35. The highest BCUT2D eigenvalue weighted by Crippen LogP contribution is 2.29. The number of esters is 1. The number of carbonyl (C=O) groups is 1. The first-order valence-corrected chi connectivity index (χ1v) is 6.40. The van der Waals surface area contributed by atoms with Crippen molar-refractivity contribution >= 4 is 34.6 Å². The standard InChI is InChI=1S/C15H15ClN2O2/c1-9-6-7-10(8-12(9)16)18-14-11(15(19)20-2)4-3-5-13(14)17/h3-8,18H,17H2,1-2H3. The Morgan fingerprint density at radius 3 is 2.70 bits per heavy atom. The molecule has 0 aromatic heterocycles. The van der Waals surface area contributed by atoms with Crippen molar-refractivity contribution in [1.82, 2.24) is 0 Å². The lowest BCUT2D eigenvalue weighted by Gasteiger charge is -2.14. The van der Waals surface area contributed by atoms with E-state index in [9.17, 15) is 4.79 Å². The fraction of sp³-hybridized carbons (Fsp3) is 0.133. The van der Waals surface area contributed by atoms with Crippen LogP contribution in [0.15, 0.2) is 36.4 Å². The summed E-state index contributed by atoms with van der Waals surface area (Å²) >= 11 is 6.09. The van der Waals surface area contributed by atoms with Gasteiger partial charge in [0.05, 0.1) is 24.0 Å². The van der Waals surface area contributed by atoms with Crippen LogP contribution in [0, 0.1) is 6.92 Å². The number of rotatable bonds is 3. The Morgan fingerprint density at radius 2 is 2.05 bits per heavy atom. The zero-order valence-corrected chi connectivity index (χ0v) is 12.0. The highest BCUT2D eigenvalue weighted by molar-refractivity contribution is 6.31. The van der Waals surface area contributed by atoms with Crippen molar-refractivity contribution in [3.05, 3.63) is 52.5 Å². The van der Waals surface area contributed by atoms with Crippen LogP contribution in [0.3, 0.4) is 0 Å². The minimum Gasteiger partial charge on any atom is -0.465 e. The quantitative estimate of drug-likeness (QED) is 0.667. The minimum absolute atomic E-state index is 0.379. The van der Waals surface area contributed by atoms with Gasteiger partial charge < -0.3 is 15.8 Å². The molecule has 0 aliphatic heterocycles. The number of halogens is 1. The molecule has 0 saturated heterocycles. The third-order valence-electron chi connectivity index (χ3n) is 2.94. The molecule has 20 heavy (non-hydrogen) atoms. The first-order valence-electron chi connectivity index (χ1n) is 6.03. The molecule has 0 amide bonds. The normalized spacial score (nSPS) is 10.2. The van der Waals surface area contributed by atoms with E-state index in [1.807, 2.05) is 19.1 Å². The number of aryl methyl sites for hydroxylation is 1. The Morgan fingerprint density at radius 1 is 1.30 bits per heavy atom. The van der Waals surface area contributed by atoms with Gasteiger partial charge in [-0.25, -0.2) is 4.79 Å². The van der Waals surface area contributed by atoms with Gasteiger partial charge >= 0.3 is 5.97 Å². The van der Waals surface area contributed by atoms with Crippen LogP contribution in [0.5, 0.6) is 0 Å². The molecule has 2 aromatic rings. The van der Waals surface area contributed by atoms with Gasteiger partial charge in [-0.3, -0.25) is 0 Å². The summed E-state index contributed by atoms with van der Waals surface area (Å²) in [5.41, 5.74) is 9.01. The highest BCUT2D eigenvalue weighted by Gasteiger charge is 2.14. The van der Waals surface area contributed by atoms with Gasteiger partial charge in [0.2, 0.25) is 0 Å². The zero-order valence-electron chi connectivity index (χ0n) is 11.2. The lowest BCUT2D eigenvalue weighted by molar-refractivity contribution is 0.0602. The molecule has 5 heteroatoms. The Bertz CT molecular complexity index is 656. The van der Waals surface area contributed by atoms with Gasteiger partial charge in [0.25, 0.3) is 0 Å². The fourth-order valence-electron chi connectivity index (χ4n) is 1.80. The predicted octanol–water partition coefficient (Wildman–Crippen LogP) is 3.76. The Balaban J connectivity index is 2.42. The van der Waals surface area contributed by atoms with E-state index in [-0.39, 0.29) is 0 Å². The summed E-state index contributed by atoms with van der Waals surface area (Å²) in [6.45, 7) is 1.92. The third kappa shape index (κ3) is 2.86. The maximum absolute atomic E-state index is 11.8. The van der Waals surface area contributed by atoms with Crippen molar-refractivity contribution in [2.45, 2.75) is 6.92 Å². The summed E-state index contributed by atoms with van der Waals surface area (Å²) < 4.78 is 4.75. The molecule has 0 radical (unpaired) electrons. The lowest BCUT2D eigenvalue weighted by Crippen LogP contribution is -2.08. The molecule has 0 aliphatic rings. The van der Waals surface area contributed by atoms with Crippen LogP contribution in [0.2, 0.25) is 5.02 Å². The summed E-state index contributed by atoms with van der Waals surface area (Å²) in [6.07, 6.45) is 0. The van der Waals surface area contributed by atoms with Crippen molar-refractivity contribution in [3.8, 4) is 0 Å². The summed E-state index contributed by atoms with van der Waals surface area (Å²) in [6, 6.07) is 10.6. The number of nitrogen functional groups attached to an aromatic ring is 1. The topological polar surface area (TPSA) is 64.3 Å². The number of nitrogens with two attached hydrogens (primary N) is 1. The van der Waals surface area contributed by atoms with Gasteiger partial charge in [0, 0.05) is 10.7 Å². The molecule has 0 aliphatic carbocycles. The van der Waals surface area contributed by atoms with Crippen LogP contribution in [0.1, 0.15) is 15.9 Å². The van der Waals surface area contributed by atoms with Crippen LogP contribution >= 0.6 is 11.6 Å². The van der Waals surface area contributed by atoms with Crippen molar-refractivity contribution in [2.75, 3.05) is 18.2 Å². The number of nitrogens with one attached hydrogen (secondary N) is 1. The van der Waals surface area contributed by atoms with E-state index in [1.54, 1.807) is 24.3 Å². The van der Waals surface area contributed by atoms with E-state index in [2.05, 4.69) is 5.32 Å². The molecule has 0 bridgehead atoms. The van der Waals surface area contributed by atoms with Gasteiger partial charge in [-0.05, 0) is 36.8 Å². The number of ether oxygens (including phenoxy) is 1. The molecule has 2 aromatic carbocycles. The first kappa shape index (κ1) is 14.2. The molecule has 0 atom stereocenters. The smallest absolute Gasteiger partial charge is 0.340 e. The molecule has 0 fully saturated rings. The fourth-order valence-corrected chi connectivity index (χ4v) is 1.99. The van der Waals surface area contributed by atoms with Gasteiger partial charge in [-0.1, -0.05) is 23.7 Å². The number of anilines is 3. The molecular weight excluding hydrogens is 276 g/mol. The van der Waals surface area contributed by atoms with Crippen LogP contribution in [-0.2, 0) is 4.74 Å². The van der Waals surface area contributed by atoms with Gasteiger partial charge in [0.15, 0.2) is 0 Å². The zero-order chi connectivity index (χ0) is 14.7. The molecular formula is C15H15ClN2O2. The van der Waals surface area contributed by atoms with Crippen LogP contribution in [0.25, 0.3) is 0 Å². The molecule has 0 spiro atoms. The van der Waals surface area contributed by atoms with E-state index >= 15 is 0 Å². The minimum atomic E-state index is -0.446. The Kier molecular flexibility index (Phi) is 4.15. The molecule has 0 unspecified atom stereocenters. The van der Waals surface area contributed by atoms with Gasteiger partial charge in [0.1, 0.15) is 0 Å². The predicted molar refractivity (Wildman–Crippen MR) is 81.7 cm³/mol. The average Bonchev–Trinajstić information content (AvgIpc) is 2.44. The van der Waals surface area contributed by atoms with Gasteiger partial charge in [-0.2, -0.15) is 0 Å². The maximum Gasteiger partial charge on any atom is 0.340 e. The molecule has 0 saturated carbocycles. The first-order chi connectivity index (χ1) is 9.52. The largest absolute Gasteiger partial charge is 0.465 e. The number of methoxy groups -OCH3 is 1. The summed E-state index contributed by atoms with van der Waals surface area (Å²) in [7, 11) is 1.33. The summed E-state index contributed by atoms with van der Waals surface area (Å²) in [5, 5.41) is 3.76. The van der Waals surface area contributed by atoms with Crippen molar-refractivity contribution in [2.24, 2.45) is 0 Å². The van der Waals surface area contributed by atoms with E-state index < -0.39 is 5.97 Å². The van der Waals surface area contributed by atoms with Crippen LogP contribution < -0.4 is 11.1 Å². The second-order valence-corrected chi connectivity index (χ2v) is 4.76. The number of para-hydroxylation sites is 1. The van der Waals surface area contributed by atoms with Crippen LogP contribution in [0.4, 0.5) is 17.1 Å². The van der Waals surface area contributed by atoms with E-state index in [0.717, 1.165) is 11.3 Å². The number of hydrogen-bond donors (Lipinski definition) is 2.